The molecule has 0 spiro atoms. The Morgan fingerprint density at radius 2 is 2.24 bits per heavy atom. The van der Waals surface area contributed by atoms with Crippen LogP contribution in [0.1, 0.15) is 12.8 Å². The molecule has 1 N–H and O–H groups in total. The second-order valence-electron chi connectivity index (χ2n) is 4.33. The minimum atomic E-state index is -3.64. The zero-order valence-electron chi connectivity index (χ0n) is 9.57. The number of rotatable bonds is 3. The highest BCUT2D eigenvalue weighted by atomic mass is 32.2. The monoisotopic (exact) mass is 264 g/mol. The summed E-state index contributed by atoms with van der Waals surface area (Å²) in [6, 6.07) is -0.999. The van der Waals surface area contributed by atoms with Crippen molar-refractivity contribution in [1.82, 2.24) is 8.61 Å². The lowest BCUT2D eigenvalue weighted by Gasteiger charge is -2.18. The van der Waals surface area contributed by atoms with Crippen molar-refractivity contribution in [2.75, 3.05) is 26.7 Å². The van der Waals surface area contributed by atoms with Gasteiger partial charge in [-0.1, -0.05) is 0 Å². The normalized spacial score (nSPS) is 34.2. The standard InChI is InChI=1S/C9H16N2O5S/c1-10-8(9(12)13)6-11(17(10,14)15)5-7-3-2-4-16-7/h7-8H,2-6H2,1H3,(H,12,13). The number of carbonyl (C=O) groups is 1. The van der Waals surface area contributed by atoms with E-state index in [0.29, 0.717) is 6.61 Å². The molecule has 0 amide bonds. The predicted molar refractivity (Wildman–Crippen MR) is 58.7 cm³/mol. The van der Waals surface area contributed by atoms with Gasteiger partial charge in [0.2, 0.25) is 0 Å². The van der Waals surface area contributed by atoms with Crippen molar-refractivity contribution in [1.29, 1.82) is 0 Å². The van der Waals surface area contributed by atoms with Crippen molar-refractivity contribution in [2.24, 2.45) is 0 Å². The number of hydrogen-bond acceptors (Lipinski definition) is 4. The quantitative estimate of drug-likeness (QED) is 0.714. The van der Waals surface area contributed by atoms with E-state index in [2.05, 4.69) is 0 Å². The Morgan fingerprint density at radius 1 is 1.53 bits per heavy atom. The van der Waals surface area contributed by atoms with Gasteiger partial charge >= 0.3 is 5.97 Å². The van der Waals surface area contributed by atoms with Crippen LogP contribution in [0.4, 0.5) is 0 Å². The molecule has 0 aliphatic carbocycles. The molecule has 2 aliphatic rings. The summed E-state index contributed by atoms with van der Waals surface area (Å²) in [7, 11) is -2.35. The molecule has 2 heterocycles. The maximum Gasteiger partial charge on any atom is 0.323 e. The van der Waals surface area contributed by atoms with Crippen molar-refractivity contribution in [3.63, 3.8) is 0 Å². The van der Waals surface area contributed by atoms with Crippen LogP contribution < -0.4 is 0 Å². The number of ether oxygens (including phenoxy) is 1. The van der Waals surface area contributed by atoms with Crippen LogP contribution in [0.25, 0.3) is 0 Å². The van der Waals surface area contributed by atoms with Crippen LogP contribution in [-0.4, -0.2) is 67.0 Å². The molecular weight excluding hydrogens is 248 g/mol. The van der Waals surface area contributed by atoms with Crippen LogP contribution in [0.15, 0.2) is 0 Å². The molecule has 0 aromatic carbocycles. The smallest absolute Gasteiger partial charge is 0.323 e. The van der Waals surface area contributed by atoms with Gasteiger partial charge in [-0.15, -0.1) is 0 Å². The molecule has 17 heavy (non-hydrogen) atoms. The maximum atomic E-state index is 11.9. The van der Waals surface area contributed by atoms with Gasteiger partial charge in [-0.05, 0) is 12.8 Å². The van der Waals surface area contributed by atoms with E-state index in [1.54, 1.807) is 0 Å². The van der Waals surface area contributed by atoms with E-state index in [1.165, 1.54) is 11.4 Å². The molecule has 2 rings (SSSR count). The van der Waals surface area contributed by atoms with E-state index in [-0.39, 0.29) is 19.2 Å². The third kappa shape index (κ3) is 2.30. The highest BCUT2D eigenvalue weighted by molar-refractivity contribution is 7.87. The topological polar surface area (TPSA) is 87.2 Å². The third-order valence-corrected chi connectivity index (χ3v) is 5.16. The number of hydrogen-bond donors (Lipinski definition) is 1. The van der Waals surface area contributed by atoms with Gasteiger partial charge in [-0.25, -0.2) is 0 Å². The number of carboxylic acids is 1. The lowest BCUT2D eigenvalue weighted by atomic mass is 10.2. The summed E-state index contributed by atoms with van der Waals surface area (Å²) in [4.78, 5) is 10.9. The summed E-state index contributed by atoms with van der Waals surface area (Å²) in [6.07, 6.45) is 1.65. The van der Waals surface area contributed by atoms with Crippen molar-refractivity contribution in [3.8, 4) is 0 Å². The van der Waals surface area contributed by atoms with Gasteiger partial charge in [0.25, 0.3) is 10.2 Å². The minimum absolute atomic E-state index is 0.00593. The first-order valence-corrected chi connectivity index (χ1v) is 6.90. The van der Waals surface area contributed by atoms with Crippen LogP contribution in [0.3, 0.4) is 0 Å². The molecule has 2 saturated heterocycles. The number of nitrogens with zero attached hydrogens (tertiary/aromatic N) is 2. The molecule has 2 unspecified atom stereocenters. The molecule has 2 atom stereocenters. The van der Waals surface area contributed by atoms with Crippen molar-refractivity contribution >= 4 is 16.2 Å². The van der Waals surface area contributed by atoms with Gasteiger partial charge in [0.05, 0.1) is 6.10 Å². The molecule has 0 radical (unpaired) electrons. The average Bonchev–Trinajstić information content (AvgIpc) is 2.81. The van der Waals surface area contributed by atoms with E-state index in [4.69, 9.17) is 9.84 Å². The SMILES string of the molecule is CN1C(C(=O)O)CN(CC2CCCO2)S1(=O)=O. The second-order valence-corrected chi connectivity index (χ2v) is 6.32. The second kappa shape index (κ2) is 4.52. The van der Waals surface area contributed by atoms with Crippen LogP contribution in [0.5, 0.6) is 0 Å². The molecule has 2 aliphatic heterocycles. The van der Waals surface area contributed by atoms with Crippen molar-refractivity contribution < 1.29 is 23.1 Å². The summed E-state index contributed by atoms with van der Waals surface area (Å²) >= 11 is 0. The van der Waals surface area contributed by atoms with E-state index >= 15 is 0 Å². The van der Waals surface area contributed by atoms with Crippen LogP contribution >= 0.6 is 0 Å². The third-order valence-electron chi connectivity index (χ3n) is 3.22. The Balaban J connectivity index is 2.10. The highest BCUT2D eigenvalue weighted by Gasteiger charge is 2.45. The van der Waals surface area contributed by atoms with Gasteiger partial charge in [-0.2, -0.15) is 17.0 Å². The lowest BCUT2D eigenvalue weighted by molar-refractivity contribution is -0.140. The number of carboxylic acid groups (broad SMARTS) is 1. The maximum absolute atomic E-state index is 11.9. The Bertz CT molecular complexity index is 404. The van der Waals surface area contributed by atoms with E-state index in [9.17, 15) is 13.2 Å². The van der Waals surface area contributed by atoms with Crippen LogP contribution in [0, 0.1) is 0 Å². The molecule has 98 valence electrons. The largest absolute Gasteiger partial charge is 0.480 e. The molecule has 0 aromatic heterocycles. The van der Waals surface area contributed by atoms with Gasteiger partial charge in [0.15, 0.2) is 0 Å². The molecular formula is C9H16N2O5S. The molecule has 0 saturated carbocycles. The Kier molecular flexibility index (Phi) is 3.39. The first-order chi connectivity index (χ1) is 7.93. The van der Waals surface area contributed by atoms with Gasteiger partial charge in [-0.3, -0.25) is 4.79 Å². The Morgan fingerprint density at radius 3 is 2.71 bits per heavy atom. The first kappa shape index (κ1) is 12.7. The fraction of sp³-hybridized carbons (Fsp3) is 0.889. The molecule has 2 fully saturated rings. The first-order valence-electron chi connectivity index (χ1n) is 5.50. The minimum Gasteiger partial charge on any atom is -0.480 e. The predicted octanol–water partition coefficient (Wildman–Crippen LogP) is -0.889. The average molecular weight is 264 g/mol. The molecule has 7 nitrogen and oxygen atoms in total. The Hall–Kier alpha value is -0.700. The summed E-state index contributed by atoms with van der Waals surface area (Å²) in [6.45, 7) is 0.890. The molecule has 0 bridgehead atoms. The summed E-state index contributed by atoms with van der Waals surface area (Å²) in [5, 5.41) is 8.93. The Labute approximate surface area is 100 Å². The number of likely N-dealkylation sites (N-methyl/N-ethyl adjacent to an activating group) is 1. The zero-order valence-corrected chi connectivity index (χ0v) is 10.4. The van der Waals surface area contributed by atoms with E-state index < -0.39 is 22.2 Å². The summed E-state index contributed by atoms with van der Waals surface area (Å²) in [5.41, 5.74) is 0. The molecule has 0 aromatic rings. The zero-order chi connectivity index (χ0) is 12.6. The van der Waals surface area contributed by atoms with E-state index in [1.807, 2.05) is 0 Å². The van der Waals surface area contributed by atoms with E-state index in [0.717, 1.165) is 17.1 Å². The lowest BCUT2D eigenvalue weighted by Crippen LogP contribution is -2.37. The van der Waals surface area contributed by atoms with Crippen LogP contribution in [0.2, 0.25) is 0 Å². The van der Waals surface area contributed by atoms with Crippen molar-refractivity contribution in [3.05, 3.63) is 0 Å². The molecule has 8 heteroatoms. The van der Waals surface area contributed by atoms with Gasteiger partial charge in [0.1, 0.15) is 6.04 Å². The fourth-order valence-electron chi connectivity index (χ4n) is 2.16. The van der Waals surface area contributed by atoms with Gasteiger partial charge < -0.3 is 9.84 Å². The highest BCUT2D eigenvalue weighted by Crippen LogP contribution is 2.23. The van der Waals surface area contributed by atoms with Gasteiger partial charge in [0, 0.05) is 26.7 Å². The fourth-order valence-corrected chi connectivity index (χ4v) is 3.69. The number of aliphatic carboxylic acids is 1. The van der Waals surface area contributed by atoms with Crippen molar-refractivity contribution in [2.45, 2.75) is 25.0 Å². The van der Waals surface area contributed by atoms with Crippen LogP contribution in [-0.2, 0) is 19.7 Å². The summed E-state index contributed by atoms with van der Waals surface area (Å²) < 4.78 is 31.3. The summed E-state index contributed by atoms with van der Waals surface area (Å²) in [5.74, 6) is -1.12.